The molecule has 0 bridgehead atoms. The smallest absolute Gasteiger partial charge is 0.214 e. The van der Waals surface area contributed by atoms with E-state index in [1.807, 2.05) is 17.5 Å². The molecule has 6 nitrogen and oxygen atoms in total. The molecular weight excluding hydrogens is 307 g/mol. The van der Waals surface area contributed by atoms with Crippen molar-refractivity contribution >= 4 is 17.1 Å². The topological polar surface area (TPSA) is 69.9 Å². The number of thiophene rings is 1. The van der Waals surface area contributed by atoms with Gasteiger partial charge < -0.3 is 4.74 Å². The highest BCUT2D eigenvalue weighted by molar-refractivity contribution is 7.13. The summed E-state index contributed by atoms with van der Waals surface area (Å²) in [5.74, 6) is -0.0968. The Morgan fingerprint density at radius 3 is 3.00 bits per heavy atom. The molecule has 22 heavy (non-hydrogen) atoms. The quantitative estimate of drug-likeness (QED) is 0.676. The SMILES string of the molecule is COc1ccc(F)cc1C(=O)Cn1nnc(-c2cccs2)n1. The van der Waals surface area contributed by atoms with E-state index in [0.717, 1.165) is 10.9 Å². The van der Waals surface area contributed by atoms with E-state index in [-0.39, 0.29) is 17.9 Å². The van der Waals surface area contributed by atoms with Gasteiger partial charge in [0.15, 0.2) is 5.78 Å². The summed E-state index contributed by atoms with van der Waals surface area (Å²) >= 11 is 1.48. The third kappa shape index (κ3) is 2.86. The standard InChI is InChI=1S/C14H11FN4O2S/c1-21-12-5-4-9(15)7-10(12)11(20)8-19-17-14(16-18-19)13-3-2-6-22-13/h2-7H,8H2,1H3. The number of rotatable bonds is 5. The van der Waals surface area contributed by atoms with Gasteiger partial charge in [0.2, 0.25) is 5.82 Å². The molecule has 112 valence electrons. The minimum Gasteiger partial charge on any atom is -0.496 e. The van der Waals surface area contributed by atoms with E-state index in [1.54, 1.807) is 0 Å². The number of ether oxygens (including phenoxy) is 1. The molecule has 2 heterocycles. The summed E-state index contributed by atoms with van der Waals surface area (Å²) in [7, 11) is 1.42. The molecular formula is C14H11FN4O2S. The summed E-state index contributed by atoms with van der Waals surface area (Å²) in [6.45, 7) is -0.141. The van der Waals surface area contributed by atoms with Gasteiger partial charge in [-0.1, -0.05) is 6.07 Å². The molecule has 0 aliphatic carbocycles. The van der Waals surface area contributed by atoms with Crippen molar-refractivity contribution in [2.45, 2.75) is 6.54 Å². The van der Waals surface area contributed by atoms with Gasteiger partial charge in [-0.3, -0.25) is 4.79 Å². The molecule has 0 N–H and O–H groups in total. The number of hydrogen-bond acceptors (Lipinski definition) is 6. The second-order valence-electron chi connectivity index (χ2n) is 4.39. The molecule has 1 aromatic carbocycles. The Labute approximate surface area is 129 Å². The third-order valence-corrected chi connectivity index (χ3v) is 3.81. The van der Waals surface area contributed by atoms with Gasteiger partial charge >= 0.3 is 0 Å². The van der Waals surface area contributed by atoms with Crippen molar-refractivity contribution in [2.24, 2.45) is 0 Å². The van der Waals surface area contributed by atoms with Gasteiger partial charge in [0.1, 0.15) is 18.1 Å². The molecule has 0 aliphatic rings. The van der Waals surface area contributed by atoms with Crippen LogP contribution in [0.15, 0.2) is 35.7 Å². The molecule has 0 aliphatic heterocycles. The lowest BCUT2D eigenvalue weighted by Crippen LogP contribution is -2.14. The molecule has 8 heteroatoms. The minimum absolute atomic E-state index is 0.141. The van der Waals surface area contributed by atoms with Crippen molar-refractivity contribution in [3.05, 3.63) is 47.1 Å². The number of hydrogen-bond donors (Lipinski definition) is 0. The fourth-order valence-electron chi connectivity index (χ4n) is 1.93. The van der Waals surface area contributed by atoms with Crippen LogP contribution in [0.25, 0.3) is 10.7 Å². The normalized spacial score (nSPS) is 10.6. The number of Topliss-reactive ketones (excluding diaryl/α,β-unsaturated/α-hetero) is 1. The average Bonchev–Trinajstić information content (AvgIpc) is 3.17. The van der Waals surface area contributed by atoms with Crippen molar-refractivity contribution in [1.82, 2.24) is 20.2 Å². The van der Waals surface area contributed by atoms with E-state index in [4.69, 9.17) is 4.74 Å². The lowest BCUT2D eigenvalue weighted by atomic mass is 10.1. The maximum atomic E-state index is 13.3. The van der Waals surface area contributed by atoms with E-state index in [9.17, 15) is 9.18 Å². The molecule has 0 atom stereocenters. The molecule has 0 spiro atoms. The van der Waals surface area contributed by atoms with Crippen LogP contribution in [0.3, 0.4) is 0 Å². The predicted molar refractivity (Wildman–Crippen MR) is 78.4 cm³/mol. The summed E-state index contributed by atoms with van der Waals surface area (Å²) in [4.78, 5) is 14.3. The number of aromatic nitrogens is 4. The van der Waals surface area contributed by atoms with Gasteiger partial charge in [-0.15, -0.1) is 21.5 Å². The number of ketones is 1. The third-order valence-electron chi connectivity index (χ3n) is 2.94. The number of carbonyl (C=O) groups is 1. The zero-order valence-corrected chi connectivity index (χ0v) is 12.4. The first-order valence-electron chi connectivity index (χ1n) is 6.36. The Bertz CT molecular complexity index is 801. The van der Waals surface area contributed by atoms with E-state index in [0.29, 0.717) is 11.6 Å². The number of tetrazole rings is 1. The predicted octanol–water partition coefficient (Wildman–Crippen LogP) is 2.43. The van der Waals surface area contributed by atoms with Crippen LogP contribution < -0.4 is 4.74 Å². The van der Waals surface area contributed by atoms with Crippen LogP contribution in [0, 0.1) is 5.82 Å². The van der Waals surface area contributed by atoms with Gasteiger partial charge in [-0.25, -0.2) is 4.39 Å². The van der Waals surface area contributed by atoms with Crippen molar-refractivity contribution in [3.8, 4) is 16.5 Å². The van der Waals surface area contributed by atoms with E-state index in [2.05, 4.69) is 15.4 Å². The molecule has 0 amide bonds. The van der Waals surface area contributed by atoms with E-state index in [1.165, 1.54) is 35.4 Å². The van der Waals surface area contributed by atoms with Gasteiger partial charge in [0, 0.05) is 0 Å². The Morgan fingerprint density at radius 1 is 1.41 bits per heavy atom. The maximum absolute atomic E-state index is 13.3. The second-order valence-corrected chi connectivity index (χ2v) is 5.34. The monoisotopic (exact) mass is 318 g/mol. The summed E-state index contributed by atoms with van der Waals surface area (Å²) < 4.78 is 18.4. The van der Waals surface area contributed by atoms with Gasteiger partial charge in [0.25, 0.3) is 0 Å². The molecule has 0 fully saturated rings. The Kier molecular flexibility index (Phi) is 3.92. The summed E-state index contributed by atoms with van der Waals surface area (Å²) in [6.07, 6.45) is 0. The largest absolute Gasteiger partial charge is 0.496 e. The fraction of sp³-hybridized carbons (Fsp3) is 0.143. The average molecular weight is 318 g/mol. The van der Waals surface area contributed by atoms with Crippen molar-refractivity contribution in [2.75, 3.05) is 7.11 Å². The fourth-order valence-corrected chi connectivity index (χ4v) is 2.57. The van der Waals surface area contributed by atoms with Crippen LogP contribution in [-0.4, -0.2) is 33.1 Å². The van der Waals surface area contributed by atoms with Crippen molar-refractivity contribution in [1.29, 1.82) is 0 Å². The number of halogens is 1. The molecule has 0 radical (unpaired) electrons. The molecule has 2 aromatic heterocycles. The maximum Gasteiger partial charge on any atom is 0.214 e. The van der Waals surface area contributed by atoms with E-state index >= 15 is 0 Å². The Balaban J connectivity index is 1.82. The number of benzene rings is 1. The van der Waals surface area contributed by atoms with Gasteiger partial charge in [0.05, 0.1) is 17.6 Å². The minimum atomic E-state index is -0.505. The zero-order valence-electron chi connectivity index (χ0n) is 11.6. The molecule has 0 saturated carbocycles. The van der Waals surface area contributed by atoms with Crippen molar-refractivity contribution < 1.29 is 13.9 Å². The Morgan fingerprint density at radius 2 is 2.27 bits per heavy atom. The lowest BCUT2D eigenvalue weighted by Gasteiger charge is -2.06. The summed E-state index contributed by atoms with van der Waals surface area (Å²) in [5, 5.41) is 13.8. The molecule has 0 unspecified atom stereocenters. The Hall–Kier alpha value is -2.61. The summed E-state index contributed by atoms with van der Waals surface area (Å²) in [5.41, 5.74) is 0.150. The van der Waals surface area contributed by atoms with Crippen LogP contribution in [0.2, 0.25) is 0 Å². The van der Waals surface area contributed by atoms with Gasteiger partial charge in [-0.05, 0) is 34.9 Å². The van der Waals surface area contributed by atoms with Crippen molar-refractivity contribution in [3.63, 3.8) is 0 Å². The van der Waals surface area contributed by atoms with E-state index < -0.39 is 5.82 Å². The molecule has 3 rings (SSSR count). The summed E-state index contributed by atoms with van der Waals surface area (Å²) in [6, 6.07) is 7.53. The molecule has 0 saturated heterocycles. The highest BCUT2D eigenvalue weighted by Gasteiger charge is 2.16. The highest BCUT2D eigenvalue weighted by atomic mass is 32.1. The first-order chi connectivity index (χ1) is 10.7. The van der Waals surface area contributed by atoms with Crippen LogP contribution in [-0.2, 0) is 6.54 Å². The van der Waals surface area contributed by atoms with Gasteiger partial charge in [-0.2, -0.15) is 4.80 Å². The first kappa shape index (κ1) is 14.3. The van der Waals surface area contributed by atoms with Crippen LogP contribution in [0.4, 0.5) is 4.39 Å². The molecule has 3 aromatic rings. The highest BCUT2D eigenvalue weighted by Crippen LogP contribution is 2.21. The number of nitrogens with zero attached hydrogens (tertiary/aromatic N) is 4. The number of methoxy groups -OCH3 is 1. The first-order valence-corrected chi connectivity index (χ1v) is 7.24. The second kappa shape index (κ2) is 6.02. The lowest BCUT2D eigenvalue weighted by molar-refractivity contribution is 0.0958. The zero-order chi connectivity index (χ0) is 15.5. The van der Waals surface area contributed by atoms with Crippen LogP contribution >= 0.6 is 11.3 Å². The van der Waals surface area contributed by atoms with Crippen LogP contribution in [0.1, 0.15) is 10.4 Å². The number of carbonyl (C=O) groups excluding carboxylic acids is 1. The van der Waals surface area contributed by atoms with Crippen LogP contribution in [0.5, 0.6) is 5.75 Å².